The van der Waals surface area contributed by atoms with Crippen molar-refractivity contribution in [2.45, 2.75) is 27.2 Å². The van der Waals surface area contributed by atoms with Crippen molar-refractivity contribution >= 4 is 5.91 Å². The second-order valence-electron chi connectivity index (χ2n) is 2.58. The number of carbonyl (C=O) groups excluding carboxylic acids is 1. The standard InChI is InChI=1S/C7H15NO/c1-4-5(2)6(3)7(8)9/h5-6H,4H2,1-3H3,(H2,8,9)/t5?,6-/m0/s1. The Morgan fingerprint density at radius 1 is 1.56 bits per heavy atom. The first-order valence-corrected chi connectivity index (χ1v) is 3.38. The van der Waals surface area contributed by atoms with Gasteiger partial charge in [0.1, 0.15) is 0 Å². The molecule has 0 aliphatic rings. The summed E-state index contributed by atoms with van der Waals surface area (Å²) in [6.45, 7) is 5.97. The van der Waals surface area contributed by atoms with Crippen LogP contribution in [0.5, 0.6) is 0 Å². The number of carbonyl (C=O) groups is 1. The topological polar surface area (TPSA) is 43.1 Å². The van der Waals surface area contributed by atoms with Crippen molar-refractivity contribution in [3.05, 3.63) is 0 Å². The van der Waals surface area contributed by atoms with Crippen LogP contribution in [0.1, 0.15) is 27.2 Å². The summed E-state index contributed by atoms with van der Waals surface area (Å²) in [4.78, 5) is 10.5. The molecule has 0 aliphatic carbocycles. The maximum Gasteiger partial charge on any atom is 0.220 e. The van der Waals surface area contributed by atoms with Crippen molar-refractivity contribution in [1.29, 1.82) is 0 Å². The Labute approximate surface area is 56.4 Å². The molecule has 1 unspecified atom stereocenters. The Balaban J connectivity index is 3.72. The minimum absolute atomic E-state index is 0.0231. The van der Waals surface area contributed by atoms with E-state index in [1.165, 1.54) is 0 Å². The van der Waals surface area contributed by atoms with Crippen LogP contribution in [0.4, 0.5) is 0 Å². The number of hydrogen-bond donors (Lipinski definition) is 1. The lowest BCUT2D eigenvalue weighted by atomic mass is 9.93. The maximum atomic E-state index is 10.5. The van der Waals surface area contributed by atoms with Crippen molar-refractivity contribution < 1.29 is 4.79 Å². The summed E-state index contributed by atoms with van der Waals surface area (Å²) in [7, 11) is 0. The Morgan fingerprint density at radius 3 is 2.11 bits per heavy atom. The number of nitrogens with two attached hydrogens (primary N) is 1. The number of amides is 1. The van der Waals surface area contributed by atoms with Gasteiger partial charge < -0.3 is 5.73 Å². The molecule has 2 nitrogen and oxygen atoms in total. The summed E-state index contributed by atoms with van der Waals surface area (Å²) >= 11 is 0. The smallest absolute Gasteiger partial charge is 0.220 e. The van der Waals surface area contributed by atoms with Crippen LogP contribution < -0.4 is 5.73 Å². The third-order valence-corrected chi connectivity index (χ3v) is 1.95. The van der Waals surface area contributed by atoms with Crippen molar-refractivity contribution in [2.75, 3.05) is 0 Å². The number of rotatable bonds is 3. The molecule has 0 aromatic carbocycles. The van der Waals surface area contributed by atoms with Gasteiger partial charge in [-0.3, -0.25) is 4.79 Å². The lowest BCUT2D eigenvalue weighted by molar-refractivity contribution is -0.122. The summed E-state index contributed by atoms with van der Waals surface area (Å²) in [5.41, 5.74) is 5.07. The van der Waals surface area contributed by atoms with Gasteiger partial charge in [-0.05, 0) is 5.92 Å². The molecule has 0 rings (SSSR count). The molecule has 0 fully saturated rings. The van der Waals surface area contributed by atoms with Crippen LogP contribution in [0.15, 0.2) is 0 Å². The predicted molar refractivity (Wildman–Crippen MR) is 37.8 cm³/mol. The first kappa shape index (κ1) is 8.47. The van der Waals surface area contributed by atoms with Crippen molar-refractivity contribution in [1.82, 2.24) is 0 Å². The van der Waals surface area contributed by atoms with Crippen LogP contribution in [0.2, 0.25) is 0 Å². The molecule has 2 atom stereocenters. The molecular weight excluding hydrogens is 114 g/mol. The summed E-state index contributed by atoms with van der Waals surface area (Å²) in [6.07, 6.45) is 1.02. The summed E-state index contributed by atoms with van der Waals surface area (Å²) in [6, 6.07) is 0. The van der Waals surface area contributed by atoms with Gasteiger partial charge in [0.05, 0.1) is 0 Å². The van der Waals surface area contributed by atoms with Gasteiger partial charge in [-0.2, -0.15) is 0 Å². The Morgan fingerprint density at radius 2 is 2.00 bits per heavy atom. The molecule has 0 radical (unpaired) electrons. The molecule has 0 aromatic rings. The van der Waals surface area contributed by atoms with Crippen LogP contribution >= 0.6 is 0 Å². The average Bonchev–Trinajstić information content (AvgIpc) is 1.84. The molecule has 0 aromatic heterocycles. The van der Waals surface area contributed by atoms with E-state index < -0.39 is 0 Å². The second kappa shape index (κ2) is 3.49. The van der Waals surface area contributed by atoms with E-state index >= 15 is 0 Å². The molecule has 1 amide bonds. The van der Waals surface area contributed by atoms with Gasteiger partial charge in [0, 0.05) is 5.92 Å². The highest BCUT2D eigenvalue weighted by molar-refractivity contribution is 5.76. The zero-order valence-electron chi connectivity index (χ0n) is 6.35. The Hall–Kier alpha value is -0.530. The molecule has 54 valence electrons. The van der Waals surface area contributed by atoms with E-state index in [0.717, 1.165) is 6.42 Å². The molecule has 0 saturated carbocycles. The zero-order valence-corrected chi connectivity index (χ0v) is 6.35. The highest BCUT2D eigenvalue weighted by Crippen LogP contribution is 2.12. The molecule has 0 bridgehead atoms. The highest BCUT2D eigenvalue weighted by atomic mass is 16.1. The average molecular weight is 129 g/mol. The third kappa shape index (κ3) is 2.49. The molecule has 2 N–H and O–H groups in total. The van der Waals surface area contributed by atoms with E-state index in [4.69, 9.17) is 5.73 Å². The zero-order chi connectivity index (χ0) is 7.44. The van der Waals surface area contributed by atoms with Gasteiger partial charge in [0.25, 0.3) is 0 Å². The van der Waals surface area contributed by atoms with Crippen LogP contribution in [0.3, 0.4) is 0 Å². The van der Waals surface area contributed by atoms with Gasteiger partial charge in [0.2, 0.25) is 5.91 Å². The summed E-state index contributed by atoms with van der Waals surface area (Å²) in [5, 5.41) is 0. The quantitative estimate of drug-likeness (QED) is 0.610. The fraction of sp³-hybridized carbons (Fsp3) is 0.857. The van der Waals surface area contributed by atoms with Gasteiger partial charge in [-0.15, -0.1) is 0 Å². The number of hydrogen-bond acceptors (Lipinski definition) is 1. The minimum atomic E-state index is -0.190. The van der Waals surface area contributed by atoms with E-state index in [2.05, 4.69) is 6.92 Å². The van der Waals surface area contributed by atoms with E-state index in [9.17, 15) is 4.79 Å². The van der Waals surface area contributed by atoms with Crippen molar-refractivity contribution in [3.63, 3.8) is 0 Å². The third-order valence-electron chi connectivity index (χ3n) is 1.95. The lowest BCUT2D eigenvalue weighted by Gasteiger charge is -2.13. The largest absolute Gasteiger partial charge is 0.369 e. The molecule has 0 heterocycles. The maximum absolute atomic E-state index is 10.5. The number of primary amides is 1. The van der Waals surface area contributed by atoms with E-state index in [1.807, 2.05) is 13.8 Å². The van der Waals surface area contributed by atoms with E-state index in [0.29, 0.717) is 5.92 Å². The fourth-order valence-corrected chi connectivity index (χ4v) is 0.634. The second-order valence-corrected chi connectivity index (χ2v) is 2.58. The van der Waals surface area contributed by atoms with Gasteiger partial charge in [-0.1, -0.05) is 27.2 Å². The Kier molecular flexibility index (Phi) is 3.28. The van der Waals surface area contributed by atoms with Crippen LogP contribution in [0, 0.1) is 11.8 Å². The fourth-order valence-electron chi connectivity index (χ4n) is 0.634. The molecular formula is C7H15NO. The van der Waals surface area contributed by atoms with Crippen molar-refractivity contribution in [3.8, 4) is 0 Å². The van der Waals surface area contributed by atoms with Gasteiger partial charge >= 0.3 is 0 Å². The van der Waals surface area contributed by atoms with E-state index in [1.54, 1.807) is 0 Å². The molecule has 0 aliphatic heterocycles. The summed E-state index contributed by atoms with van der Waals surface area (Å²) < 4.78 is 0. The highest BCUT2D eigenvalue weighted by Gasteiger charge is 2.14. The minimum Gasteiger partial charge on any atom is -0.369 e. The SMILES string of the molecule is CCC(C)[C@H](C)C(N)=O. The Bertz CT molecular complexity index is 101. The van der Waals surface area contributed by atoms with E-state index in [-0.39, 0.29) is 11.8 Å². The molecule has 0 spiro atoms. The molecule has 9 heavy (non-hydrogen) atoms. The molecule has 0 saturated heterocycles. The monoisotopic (exact) mass is 129 g/mol. The van der Waals surface area contributed by atoms with Crippen molar-refractivity contribution in [2.24, 2.45) is 17.6 Å². The van der Waals surface area contributed by atoms with Crippen LogP contribution in [-0.2, 0) is 4.79 Å². The predicted octanol–water partition coefficient (Wildman–Crippen LogP) is 1.15. The molecule has 2 heteroatoms. The first-order chi connectivity index (χ1) is 4.09. The lowest BCUT2D eigenvalue weighted by Crippen LogP contribution is -2.25. The van der Waals surface area contributed by atoms with Crippen LogP contribution in [-0.4, -0.2) is 5.91 Å². The first-order valence-electron chi connectivity index (χ1n) is 3.38. The van der Waals surface area contributed by atoms with Gasteiger partial charge in [0.15, 0.2) is 0 Å². The van der Waals surface area contributed by atoms with Gasteiger partial charge in [-0.25, -0.2) is 0 Å². The van der Waals surface area contributed by atoms with Crippen LogP contribution in [0.25, 0.3) is 0 Å². The summed E-state index contributed by atoms with van der Waals surface area (Å²) in [5.74, 6) is 0.252. The normalized spacial score (nSPS) is 16.8.